The topological polar surface area (TPSA) is 97.8 Å². The van der Waals surface area contributed by atoms with Crippen LogP contribution in [-0.2, 0) is 4.74 Å². The summed E-state index contributed by atoms with van der Waals surface area (Å²) in [7, 11) is 0. The summed E-state index contributed by atoms with van der Waals surface area (Å²) in [5.41, 5.74) is 3.68. The minimum Gasteiger partial charge on any atom is -0.477 e. The number of hydrogen-bond donors (Lipinski definition) is 2. The van der Waals surface area contributed by atoms with Gasteiger partial charge >= 0.3 is 5.97 Å². The maximum atomic E-state index is 15.7. The molecule has 2 saturated heterocycles. The summed E-state index contributed by atoms with van der Waals surface area (Å²) in [5, 5.41) is 9.08. The molecule has 2 atom stereocenters. The highest BCUT2D eigenvalue weighted by Gasteiger charge is 2.51. The van der Waals surface area contributed by atoms with E-state index in [0.29, 0.717) is 13.2 Å². The Labute approximate surface area is 164 Å². The lowest BCUT2D eigenvalue weighted by Crippen LogP contribution is -2.44. The van der Waals surface area contributed by atoms with Gasteiger partial charge in [0.2, 0.25) is 5.43 Å². The van der Waals surface area contributed by atoms with E-state index in [1.165, 1.54) is 10.8 Å². The van der Waals surface area contributed by atoms with Crippen molar-refractivity contribution in [1.29, 1.82) is 0 Å². The Kier molecular flexibility index (Phi) is 3.98. The molecule has 1 unspecified atom stereocenters. The van der Waals surface area contributed by atoms with E-state index in [4.69, 9.17) is 10.5 Å². The first-order valence-corrected chi connectivity index (χ1v) is 9.75. The number of rotatable bonds is 4. The summed E-state index contributed by atoms with van der Waals surface area (Å²) < 4.78 is 38.0. The average Bonchev–Trinajstić information content (AvgIpc) is 3.34. The van der Waals surface area contributed by atoms with E-state index in [2.05, 4.69) is 0 Å². The fraction of sp³-hybridized carbons (Fsp3) is 0.500. The van der Waals surface area contributed by atoms with Crippen LogP contribution >= 0.6 is 0 Å². The van der Waals surface area contributed by atoms with Crippen molar-refractivity contribution in [1.82, 2.24) is 4.57 Å². The van der Waals surface area contributed by atoms with Crippen LogP contribution in [0.3, 0.4) is 0 Å². The molecule has 0 radical (unpaired) electrons. The quantitative estimate of drug-likeness (QED) is 0.806. The van der Waals surface area contributed by atoms with E-state index in [1.807, 2.05) is 0 Å². The Bertz CT molecular complexity index is 1100. The molecular weight excluding hydrogens is 384 g/mol. The van der Waals surface area contributed by atoms with E-state index in [9.17, 15) is 14.7 Å². The molecule has 0 bridgehead atoms. The molecular formula is C20H21F2N3O4. The Balaban J connectivity index is 1.71. The number of fused-ring (bicyclic) bond motifs is 2. The minimum absolute atomic E-state index is 0.0429. The predicted molar refractivity (Wildman–Crippen MR) is 101 cm³/mol. The molecule has 3 N–H and O–H groups in total. The zero-order valence-electron chi connectivity index (χ0n) is 15.7. The molecule has 0 spiro atoms. The van der Waals surface area contributed by atoms with Gasteiger partial charge in [-0.1, -0.05) is 0 Å². The van der Waals surface area contributed by atoms with Crippen molar-refractivity contribution < 1.29 is 23.4 Å². The second kappa shape index (κ2) is 6.24. The highest BCUT2D eigenvalue weighted by Crippen LogP contribution is 2.44. The van der Waals surface area contributed by atoms with E-state index in [1.54, 1.807) is 4.90 Å². The normalized spacial score (nSPS) is 26.3. The minimum atomic E-state index is -1.41. The number of carboxylic acid groups (broad SMARTS) is 1. The van der Waals surface area contributed by atoms with Gasteiger partial charge in [-0.25, -0.2) is 13.6 Å². The Hall–Kier alpha value is -2.52. The summed E-state index contributed by atoms with van der Waals surface area (Å²) in [4.78, 5) is 25.6. The first-order chi connectivity index (χ1) is 13.9. The van der Waals surface area contributed by atoms with Crippen LogP contribution in [0.25, 0.3) is 10.9 Å². The number of halogens is 2. The molecule has 2 aliphatic heterocycles. The molecule has 3 fully saturated rings. The Morgan fingerprint density at radius 3 is 2.72 bits per heavy atom. The van der Waals surface area contributed by atoms with Crippen molar-refractivity contribution in [2.45, 2.75) is 30.9 Å². The monoisotopic (exact) mass is 405 g/mol. The maximum absolute atomic E-state index is 15.7. The number of hydrogen-bond acceptors (Lipinski definition) is 5. The van der Waals surface area contributed by atoms with Crippen LogP contribution in [0.2, 0.25) is 0 Å². The smallest absolute Gasteiger partial charge is 0.341 e. The average molecular weight is 405 g/mol. The second-order valence-corrected chi connectivity index (χ2v) is 8.22. The van der Waals surface area contributed by atoms with E-state index in [0.717, 1.165) is 25.3 Å². The predicted octanol–water partition coefficient (Wildman–Crippen LogP) is 1.87. The van der Waals surface area contributed by atoms with Gasteiger partial charge in [-0.15, -0.1) is 0 Å². The van der Waals surface area contributed by atoms with Crippen molar-refractivity contribution in [3.8, 4) is 0 Å². The van der Waals surface area contributed by atoms with E-state index < -0.39 is 34.2 Å². The lowest BCUT2D eigenvalue weighted by Gasteiger charge is -2.27. The van der Waals surface area contributed by atoms with Gasteiger partial charge in [0.25, 0.3) is 0 Å². The summed E-state index contributed by atoms with van der Waals surface area (Å²) in [6, 6.07) is 0.867. The van der Waals surface area contributed by atoms with Crippen molar-refractivity contribution in [2.75, 3.05) is 31.1 Å². The van der Waals surface area contributed by atoms with Gasteiger partial charge in [-0.3, -0.25) is 4.79 Å². The van der Waals surface area contributed by atoms with Crippen molar-refractivity contribution in [2.24, 2.45) is 11.7 Å². The van der Waals surface area contributed by atoms with Crippen LogP contribution < -0.4 is 16.1 Å². The zero-order valence-corrected chi connectivity index (χ0v) is 15.7. The summed E-state index contributed by atoms with van der Waals surface area (Å²) in [6.45, 7) is 1.53. The van der Waals surface area contributed by atoms with Crippen LogP contribution in [0.15, 0.2) is 17.1 Å². The lowest BCUT2D eigenvalue weighted by molar-refractivity contribution is 0.0126. The summed E-state index contributed by atoms with van der Waals surface area (Å²) in [6.07, 6.45) is 3.45. The molecule has 9 heteroatoms. The fourth-order valence-electron chi connectivity index (χ4n) is 4.85. The summed E-state index contributed by atoms with van der Waals surface area (Å²) in [5.74, 6) is -3.05. The number of aromatic carboxylic acids is 1. The first kappa shape index (κ1) is 18.5. The number of aromatic nitrogens is 1. The molecule has 1 aromatic heterocycles. The molecule has 7 nitrogen and oxygen atoms in total. The molecule has 2 aromatic rings. The van der Waals surface area contributed by atoms with Gasteiger partial charge in [0, 0.05) is 44.4 Å². The van der Waals surface area contributed by atoms with Crippen LogP contribution in [0.4, 0.5) is 14.5 Å². The zero-order chi connectivity index (χ0) is 20.5. The third-order valence-corrected chi connectivity index (χ3v) is 6.52. The van der Waals surface area contributed by atoms with Crippen LogP contribution in [-0.4, -0.2) is 47.5 Å². The van der Waals surface area contributed by atoms with Gasteiger partial charge in [0.05, 0.1) is 10.9 Å². The lowest BCUT2D eigenvalue weighted by atomic mass is 9.91. The van der Waals surface area contributed by atoms with Crippen molar-refractivity contribution >= 4 is 22.6 Å². The van der Waals surface area contributed by atoms with Gasteiger partial charge in [0.15, 0.2) is 5.82 Å². The molecule has 1 saturated carbocycles. The molecule has 3 aliphatic rings. The van der Waals surface area contributed by atoms with Crippen LogP contribution in [0, 0.1) is 17.6 Å². The molecule has 154 valence electrons. The Morgan fingerprint density at radius 2 is 2.10 bits per heavy atom. The standard InChI is InChI=1S/C20H21F2N3O4/c21-14-5-12-16(25(11-1-2-11)7-13(18(12)26)19(27)28)15(22)17(14)24-6-10-3-4-29-20(10,8-23)9-24/h5,7,10-11H,1-4,6,8-9,23H2,(H,27,28)/t10-,20?/m0/s1. The SMILES string of the molecule is NCC12CN(c3c(F)cc4c(=O)c(C(=O)O)cn(C5CC5)c4c3F)C[C@@H]1CCO2. The molecule has 5 rings (SSSR count). The number of pyridine rings is 1. The van der Waals surface area contributed by atoms with Gasteiger partial charge in [-0.2, -0.15) is 0 Å². The fourth-order valence-corrected chi connectivity index (χ4v) is 4.85. The van der Waals surface area contributed by atoms with E-state index >= 15 is 8.78 Å². The van der Waals surface area contributed by atoms with Crippen LogP contribution in [0.5, 0.6) is 0 Å². The maximum Gasteiger partial charge on any atom is 0.341 e. The number of ether oxygens (including phenoxy) is 1. The number of carboxylic acids is 1. The summed E-state index contributed by atoms with van der Waals surface area (Å²) >= 11 is 0. The van der Waals surface area contributed by atoms with E-state index in [-0.39, 0.29) is 41.6 Å². The second-order valence-electron chi connectivity index (χ2n) is 8.22. The number of nitrogens with zero attached hydrogens (tertiary/aromatic N) is 2. The molecule has 29 heavy (non-hydrogen) atoms. The number of benzene rings is 1. The number of carbonyl (C=O) groups is 1. The molecule has 3 heterocycles. The molecule has 1 aliphatic carbocycles. The van der Waals surface area contributed by atoms with Crippen molar-refractivity contribution in [3.05, 3.63) is 39.7 Å². The third kappa shape index (κ3) is 2.60. The van der Waals surface area contributed by atoms with Crippen molar-refractivity contribution in [3.63, 3.8) is 0 Å². The number of anilines is 1. The Morgan fingerprint density at radius 1 is 1.34 bits per heavy atom. The van der Waals surface area contributed by atoms with Gasteiger partial charge in [0.1, 0.15) is 22.7 Å². The number of nitrogens with two attached hydrogens (primary N) is 1. The molecule has 0 amide bonds. The van der Waals surface area contributed by atoms with Gasteiger partial charge in [-0.05, 0) is 25.3 Å². The molecule has 1 aromatic carbocycles. The van der Waals surface area contributed by atoms with Crippen LogP contribution in [0.1, 0.15) is 35.7 Å². The third-order valence-electron chi connectivity index (χ3n) is 6.52. The van der Waals surface area contributed by atoms with Gasteiger partial charge < -0.3 is 25.0 Å². The first-order valence-electron chi connectivity index (χ1n) is 9.75. The highest BCUT2D eigenvalue weighted by molar-refractivity contribution is 5.94. The highest BCUT2D eigenvalue weighted by atomic mass is 19.1. The largest absolute Gasteiger partial charge is 0.477 e.